The first kappa shape index (κ1) is 30.2. The Balaban J connectivity index is 1.82. The molecule has 0 radical (unpaired) electrons. The van der Waals surface area contributed by atoms with Gasteiger partial charge in [-0.1, -0.05) is 62.4 Å². The fourth-order valence-corrected chi connectivity index (χ4v) is 5.69. The lowest BCUT2D eigenvalue weighted by Gasteiger charge is -2.26. The molecule has 208 valence electrons. The summed E-state index contributed by atoms with van der Waals surface area (Å²) in [6, 6.07) is 13.1. The minimum Gasteiger partial charge on any atom is -0.467 e. The van der Waals surface area contributed by atoms with Crippen molar-refractivity contribution in [3.8, 4) is 11.1 Å². The highest BCUT2D eigenvalue weighted by Gasteiger charge is 2.24. The average Bonchev–Trinajstić information content (AvgIpc) is 2.94. The van der Waals surface area contributed by atoms with Crippen LogP contribution in [0.25, 0.3) is 11.1 Å². The molecule has 1 amide bonds. The summed E-state index contributed by atoms with van der Waals surface area (Å²) in [4.78, 5) is 25.8. The molecular weight excluding hydrogens is 498 g/mol. The summed E-state index contributed by atoms with van der Waals surface area (Å²) in [6.07, 6.45) is 10.0. The third-order valence-corrected chi connectivity index (χ3v) is 7.97. The first-order chi connectivity index (χ1) is 18.5. The van der Waals surface area contributed by atoms with Crippen LogP contribution in [0.1, 0.15) is 66.4 Å². The average molecular weight is 542 g/mol. The van der Waals surface area contributed by atoms with Crippen LogP contribution in [0.3, 0.4) is 0 Å². The van der Waals surface area contributed by atoms with Crippen molar-refractivity contribution >= 4 is 23.6 Å². The highest BCUT2D eigenvalue weighted by atomic mass is 32.2. The largest absolute Gasteiger partial charge is 0.467 e. The van der Waals surface area contributed by atoms with Crippen molar-refractivity contribution < 1.29 is 23.8 Å². The zero-order valence-electron chi connectivity index (χ0n) is 23.3. The fraction of sp³-hybridized carbons (Fsp3) is 0.548. The smallest absolute Gasteiger partial charge is 0.328 e. The Bertz CT molecular complexity index is 1040. The number of hydrogen-bond acceptors (Lipinski definition) is 6. The standard InChI is InChI=1S/C31H43NO5S/c1-22-10-8-9-13-26(22)28-19-24(20-37-25(21-35-2)18-23-11-6-5-7-12-23)14-15-27(28)30(33)32-29(16-17-38-4)31(34)36-3/h8-10,13-15,19,23,25,29H,5-7,11-12,16-18,20-21H2,1-4H3,(H,32,33). The van der Waals surface area contributed by atoms with Crippen molar-refractivity contribution in [2.24, 2.45) is 5.92 Å². The Kier molecular flexibility index (Phi) is 12.6. The van der Waals surface area contributed by atoms with E-state index < -0.39 is 12.0 Å². The van der Waals surface area contributed by atoms with Crippen LogP contribution in [-0.4, -0.2) is 56.9 Å². The lowest BCUT2D eigenvalue weighted by atomic mass is 9.85. The summed E-state index contributed by atoms with van der Waals surface area (Å²) in [5, 5.41) is 2.91. The molecule has 0 saturated heterocycles. The SMILES string of the molecule is COCC(CC1CCCCC1)OCc1ccc(C(=O)NC(CCSC)C(=O)OC)c(-c2ccccc2C)c1. The van der Waals surface area contributed by atoms with Gasteiger partial charge < -0.3 is 19.5 Å². The molecule has 2 aromatic carbocycles. The number of benzene rings is 2. The van der Waals surface area contributed by atoms with Crippen LogP contribution >= 0.6 is 11.8 Å². The van der Waals surface area contributed by atoms with E-state index in [1.165, 1.54) is 39.2 Å². The molecule has 1 fully saturated rings. The maximum atomic E-state index is 13.5. The molecule has 0 aliphatic heterocycles. The Morgan fingerprint density at radius 3 is 2.50 bits per heavy atom. The molecule has 0 spiro atoms. The lowest BCUT2D eigenvalue weighted by molar-refractivity contribution is -0.142. The van der Waals surface area contributed by atoms with Crippen molar-refractivity contribution in [3.63, 3.8) is 0 Å². The van der Waals surface area contributed by atoms with Crippen molar-refractivity contribution in [2.75, 3.05) is 32.8 Å². The maximum Gasteiger partial charge on any atom is 0.328 e. The van der Waals surface area contributed by atoms with Crippen molar-refractivity contribution in [1.29, 1.82) is 0 Å². The number of methoxy groups -OCH3 is 2. The van der Waals surface area contributed by atoms with E-state index in [9.17, 15) is 9.59 Å². The molecule has 2 unspecified atom stereocenters. The van der Waals surface area contributed by atoms with Gasteiger partial charge in [0.05, 0.1) is 26.4 Å². The van der Waals surface area contributed by atoms with Gasteiger partial charge in [-0.15, -0.1) is 0 Å². The van der Waals surface area contributed by atoms with Gasteiger partial charge in [0, 0.05) is 12.7 Å². The third-order valence-electron chi connectivity index (χ3n) is 7.32. The van der Waals surface area contributed by atoms with Gasteiger partial charge in [-0.05, 0) is 72.1 Å². The first-order valence-corrected chi connectivity index (χ1v) is 15.0. The Labute approximate surface area is 232 Å². The molecule has 1 aliphatic rings. The van der Waals surface area contributed by atoms with Gasteiger partial charge in [0.1, 0.15) is 6.04 Å². The fourth-order valence-electron chi connectivity index (χ4n) is 5.22. The Morgan fingerprint density at radius 1 is 1.05 bits per heavy atom. The van der Waals surface area contributed by atoms with Crippen LogP contribution in [0.2, 0.25) is 0 Å². The zero-order chi connectivity index (χ0) is 27.3. The number of amides is 1. The number of nitrogens with one attached hydrogen (secondary N) is 1. The Hall–Kier alpha value is -2.35. The van der Waals surface area contributed by atoms with Crippen LogP contribution in [0.5, 0.6) is 0 Å². The molecule has 7 heteroatoms. The number of ether oxygens (including phenoxy) is 3. The highest BCUT2D eigenvalue weighted by molar-refractivity contribution is 7.98. The minimum absolute atomic E-state index is 0.0465. The molecule has 1 N–H and O–H groups in total. The molecular formula is C31H43NO5S. The summed E-state index contributed by atoms with van der Waals surface area (Å²) in [7, 11) is 3.07. The number of aryl methyl sites for hydroxylation is 1. The highest BCUT2D eigenvalue weighted by Crippen LogP contribution is 2.30. The van der Waals surface area contributed by atoms with Crippen LogP contribution in [0.15, 0.2) is 42.5 Å². The van der Waals surface area contributed by atoms with E-state index in [-0.39, 0.29) is 12.0 Å². The monoisotopic (exact) mass is 541 g/mol. The number of carbonyl (C=O) groups excluding carboxylic acids is 2. The van der Waals surface area contributed by atoms with Gasteiger partial charge in [0.25, 0.3) is 5.91 Å². The van der Waals surface area contributed by atoms with Gasteiger partial charge in [-0.3, -0.25) is 4.79 Å². The van der Waals surface area contributed by atoms with Crippen LogP contribution < -0.4 is 5.32 Å². The molecule has 0 aromatic heterocycles. The van der Waals surface area contributed by atoms with Gasteiger partial charge >= 0.3 is 5.97 Å². The van der Waals surface area contributed by atoms with Crippen LogP contribution in [-0.2, 0) is 25.6 Å². The molecule has 6 nitrogen and oxygen atoms in total. The molecule has 0 bridgehead atoms. The lowest BCUT2D eigenvalue weighted by Crippen LogP contribution is -2.42. The Morgan fingerprint density at radius 2 is 1.82 bits per heavy atom. The molecule has 0 heterocycles. The molecule has 1 aliphatic carbocycles. The summed E-state index contributed by atoms with van der Waals surface area (Å²) in [6.45, 7) is 3.06. The predicted octanol–water partition coefficient (Wildman–Crippen LogP) is 6.19. The maximum absolute atomic E-state index is 13.5. The normalized spacial score (nSPS) is 15.6. The second-order valence-corrected chi connectivity index (χ2v) is 11.1. The summed E-state index contributed by atoms with van der Waals surface area (Å²) in [5.41, 5.74) is 4.40. The van der Waals surface area contributed by atoms with Gasteiger partial charge in [0.15, 0.2) is 0 Å². The second kappa shape index (κ2) is 15.9. The van der Waals surface area contributed by atoms with Crippen LogP contribution in [0, 0.1) is 12.8 Å². The van der Waals surface area contributed by atoms with E-state index >= 15 is 0 Å². The van der Waals surface area contributed by atoms with E-state index in [0.717, 1.165) is 34.4 Å². The van der Waals surface area contributed by atoms with Crippen LogP contribution in [0.4, 0.5) is 0 Å². The number of esters is 1. The summed E-state index contributed by atoms with van der Waals surface area (Å²) < 4.78 is 16.8. The topological polar surface area (TPSA) is 73.9 Å². The number of carbonyl (C=O) groups is 2. The quantitative estimate of drug-likeness (QED) is 0.288. The van der Waals surface area contributed by atoms with E-state index in [2.05, 4.69) is 5.32 Å². The molecule has 2 atom stereocenters. The molecule has 38 heavy (non-hydrogen) atoms. The van der Waals surface area contributed by atoms with E-state index in [0.29, 0.717) is 31.1 Å². The number of hydrogen-bond donors (Lipinski definition) is 1. The van der Waals surface area contributed by atoms with E-state index in [1.807, 2.05) is 55.6 Å². The van der Waals surface area contributed by atoms with E-state index in [4.69, 9.17) is 14.2 Å². The summed E-state index contributed by atoms with van der Waals surface area (Å²) >= 11 is 1.62. The molecule has 2 aromatic rings. The second-order valence-electron chi connectivity index (χ2n) is 10.2. The van der Waals surface area contributed by atoms with Gasteiger partial charge in [-0.2, -0.15) is 11.8 Å². The molecule has 3 rings (SSSR count). The minimum atomic E-state index is -0.692. The van der Waals surface area contributed by atoms with Crippen molar-refractivity contribution in [2.45, 2.75) is 70.6 Å². The number of thioether (sulfide) groups is 1. The zero-order valence-corrected chi connectivity index (χ0v) is 24.1. The summed E-state index contributed by atoms with van der Waals surface area (Å²) in [5.74, 6) is 0.718. The van der Waals surface area contributed by atoms with Gasteiger partial charge in [0.2, 0.25) is 0 Å². The third kappa shape index (κ3) is 8.85. The number of rotatable bonds is 14. The van der Waals surface area contributed by atoms with Gasteiger partial charge in [-0.25, -0.2) is 4.79 Å². The molecule has 1 saturated carbocycles. The van der Waals surface area contributed by atoms with Crippen molar-refractivity contribution in [3.05, 3.63) is 59.2 Å². The predicted molar refractivity (Wildman–Crippen MR) is 155 cm³/mol. The first-order valence-electron chi connectivity index (χ1n) is 13.6. The van der Waals surface area contributed by atoms with E-state index in [1.54, 1.807) is 18.9 Å². The van der Waals surface area contributed by atoms with Crippen molar-refractivity contribution in [1.82, 2.24) is 5.32 Å².